The fourth-order valence-electron chi connectivity index (χ4n) is 4.92. The third kappa shape index (κ3) is 3.55. The minimum absolute atomic E-state index is 0.271. The van der Waals surface area contributed by atoms with E-state index in [9.17, 15) is 0 Å². The Morgan fingerprint density at radius 2 is 1.97 bits per heavy atom. The van der Waals surface area contributed by atoms with Crippen molar-refractivity contribution in [1.82, 2.24) is 20.2 Å². The SMILES string of the molecule is CC1C2=C(C=C(Cl)CC2)NC=C2N1C=NN2C1CCC(c2cc(Cl)ccn2)CC1. The summed E-state index contributed by atoms with van der Waals surface area (Å²) in [6, 6.07) is 4.53. The van der Waals surface area contributed by atoms with Crippen molar-refractivity contribution >= 4 is 29.5 Å². The highest BCUT2D eigenvalue weighted by molar-refractivity contribution is 6.30. The molecule has 1 N–H and O–H groups in total. The van der Waals surface area contributed by atoms with Gasteiger partial charge >= 0.3 is 0 Å². The Kier molecular flexibility index (Phi) is 5.04. The molecule has 1 saturated carbocycles. The Labute approximate surface area is 181 Å². The van der Waals surface area contributed by atoms with Crippen molar-refractivity contribution < 1.29 is 0 Å². The summed E-state index contributed by atoms with van der Waals surface area (Å²) in [7, 11) is 0. The van der Waals surface area contributed by atoms with Gasteiger partial charge in [-0.1, -0.05) is 23.2 Å². The highest BCUT2D eigenvalue weighted by Gasteiger charge is 2.36. The van der Waals surface area contributed by atoms with Gasteiger partial charge in [-0.25, -0.2) is 5.01 Å². The molecule has 1 atom stereocenters. The molecule has 0 bridgehead atoms. The lowest BCUT2D eigenvalue weighted by atomic mass is 9.83. The van der Waals surface area contributed by atoms with Crippen molar-refractivity contribution in [3.05, 3.63) is 63.4 Å². The van der Waals surface area contributed by atoms with Crippen LogP contribution in [0.4, 0.5) is 0 Å². The summed E-state index contributed by atoms with van der Waals surface area (Å²) in [6.07, 6.45) is 14.2. The molecule has 0 saturated heterocycles. The van der Waals surface area contributed by atoms with Gasteiger partial charge in [-0.15, -0.1) is 0 Å². The second kappa shape index (κ2) is 7.69. The number of hydrogen-bond acceptors (Lipinski definition) is 5. The number of hydrazone groups is 1. The fraction of sp³-hybridized carbons (Fsp3) is 0.455. The maximum Gasteiger partial charge on any atom is 0.147 e. The zero-order valence-corrected chi connectivity index (χ0v) is 18.0. The monoisotopic (exact) mass is 429 g/mol. The lowest BCUT2D eigenvalue weighted by Gasteiger charge is -2.35. The second-order valence-corrected chi connectivity index (χ2v) is 9.16. The maximum absolute atomic E-state index is 6.29. The van der Waals surface area contributed by atoms with E-state index >= 15 is 0 Å². The molecule has 7 heteroatoms. The summed E-state index contributed by atoms with van der Waals surface area (Å²) in [5, 5.41) is 12.2. The summed E-state index contributed by atoms with van der Waals surface area (Å²) in [6.45, 7) is 2.25. The Morgan fingerprint density at radius 3 is 2.76 bits per heavy atom. The lowest BCUT2D eigenvalue weighted by molar-refractivity contribution is 0.177. The van der Waals surface area contributed by atoms with Crippen LogP contribution in [0, 0.1) is 0 Å². The number of aromatic nitrogens is 1. The van der Waals surface area contributed by atoms with Gasteiger partial charge < -0.3 is 10.2 Å². The van der Waals surface area contributed by atoms with Crippen LogP contribution in [0.3, 0.4) is 0 Å². The van der Waals surface area contributed by atoms with Crippen molar-refractivity contribution in [3.8, 4) is 0 Å². The van der Waals surface area contributed by atoms with Gasteiger partial charge in [-0.2, -0.15) is 5.10 Å². The van der Waals surface area contributed by atoms with Crippen LogP contribution in [0.25, 0.3) is 0 Å². The molecule has 1 unspecified atom stereocenters. The van der Waals surface area contributed by atoms with E-state index in [0.717, 1.165) is 65.8 Å². The molecule has 5 rings (SSSR count). The Bertz CT molecular complexity index is 927. The zero-order chi connectivity index (χ0) is 20.0. The highest BCUT2D eigenvalue weighted by atomic mass is 35.5. The Morgan fingerprint density at radius 1 is 1.14 bits per heavy atom. The number of rotatable bonds is 2. The van der Waals surface area contributed by atoms with Gasteiger partial charge in [0.05, 0.1) is 12.1 Å². The first kappa shape index (κ1) is 19.0. The molecule has 152 valence electrons. The third-order valence-electron chi connectivity index (χ3n) is 6.56. The molecule has 2 aliphatic heterocycles. The van der Waals surface area contributed by atoms with Crippen LogP contribution in [0.15, 0.2) is 57.8 Å². The van der Waals surface area contributed by atoms with Gasteiger partial charge in [0.15, 0.2) is 0 Å². The lowest BCUT2D eigenvalue weighted by Crippen LogP contribution is -2.38. The summed E-state index contributed by atoms with van der Waals surface area (Å²) in [4.78, 5) is 6.83. The molecule has 1 aromatic rings. The van der Waals surface area contributed by atoms with E-state index in [-0.39, 0.29) is 6.04 Å². The standard InChI is InChI=1S/C22H25Cl2N5/c1-14-19-7-4-16(23)11-21(19)26-12-22-28(14)13-27-29(22)18-5-2-15(3-6-18)20-10-17(24)8-9-25-20/h8-15,18,26H,2-7H2,1H3. The molecule has 29 heavy (non-hydrogen) atoms. The van der Waals surface area contributed by atoms with E-state index in [1.807, 2.05) is 24.7 Å². The number of allylic oxidation sites excluding steroid dienone is 2. The molecule has 2 aliphatic carbocycles. The van der Waals surface area contributed by atoms with Crippen LogP contribution >= 0.6 is 23.2 Å². The molecule has 1 aromatic heterocycles. The molecule has 5 nitrogen and oxygen atoms in total. The van der Waals surface area contributed by atoms with Crippen LogP contribution in [0.1, 0.15) is 57.1 Å². The van der Waals surface area contributed by atoms with E-state index in [1.54, 1.807) is 0 Å². The third-order valence-corrected chi connectivity index (χ3v) is 7.10. The second-order valence-electron chi connectivity index (χ2n) is 8.24. The van der Waals surface area contributed by atoms with Crippen molar-refractivity contribution in [2.24, 2.45) is 5.10 Å². The van der Waals surface area contributed by atoms with Crippen molar-refractivity contribution in [1.29, 1.82) is 0 Å². The average molecular weight is 430 g/mol. The summed E-state index contributed by atoms with van der Waals surface area (Å²) in [5.74, 6) is 1.61. The van der Waals surface area contributed by atoms with E-state index < -0.39 is 0 Å². The van der Waals surface area contributed by atoms with Crippen molar-refractivity contribution in [3.63, 3.8) is 0 Å². The first-order chi connectivity index (χ1) is 14.1. The van der Waals surface area contributed by atoms with Gasteiger partial charge in [-0.05, 0) is 69.2 Å². The number of pyridine rings is 1. The molecule has 0 aromatic carbocycles. The average Bonchev–Trinajstić information content (AvgIpc) is 3.10. The Hall–Kier alpha value is -1.98. The smallest absolute Gasteiger partial charge is 0.147 e. The van der Waals surface area contributed by atoms with Gasteiger partial charge in [0.1, 0.15) is 12.2 Å². The fourth-order valence-corrected chi connectivity index (χ4v) is 5.29. The number of fused-ring (bicyclic) bond motifs is 1. The van der Waals surface area contributed by atoms with Gasteiger partial charge in [0.25, 0.3) is 0 Å². The molecule has 3 heterocycles. The van der Waals surface area contributed by atoms with Crippen LogP contribution in [-0.2, 0) is 0 Å². The van der Waals surface area contributed by atoms with Crippen LogP contribution in [0.5, 0.6) is 0 Å². The maximum atomic E-state index is 6.29. The predicted octanol–water partition coefficient (Wildman–Crippen LogP) is 5.28. The normalized spacial score (nSPS) is 29.0. The minimum atomic E-state index is 0.271. The molecule has 0 amide bonds. The van der Waals surface area contributed by atoms with E-state index in [1.165, 1.54) is 5.57 Å². The summed E-state index contributed by atoms with van der Waals surface area (Å²) < 4.78 is 0. The summed E-state index contributed by atoms with van der Waals surface area (Å²) in [5.41, 5.74) is 3.65. The quantitative estimate of drug-likeness (QED) is 0.693. The number of nitrogens with one attached hydrogen (secondary N) is 1. The van der Waals surface area contributed by atoms with Crippen LogP contribution in [-0.4, -0.2) is 33.3 Å². The molecular formula is C22H25Cl2N5. The largest absolute Gasteiger partial charge is 0.358 e. The topological polar surface area (TPSA) is 43.8 Å². The molecule has 4 aliphatic rings. The zero-order valence-electron chi connectivity index (χ0n) is 16.5. The van der Waals surface area contributed by atoms with Gasteiger partial charge in [-0.3, -0.25) is 4.98 Å². The first-order valence-corrected chi connectivity index (χ1v) is 11.1. The molecule has 0 radical (unpaired) electrons. The van der Waals surface area contributed by atoms with Gasteiger partial charge in [0, 0.05) is 39.8 Å². The van der Waals surface area contributed by atoms with Crippen molar-refractivity contribution in [2.45, 2.75) is 63.5 Å². The molecule has 1 fully saturated rings. The molecule has 0 spiro atoms. The highest BCUT2D eigenvalue weighted by Crippen LogP contribution is 2.39. The predicted molar refractivity (Wildman–Crippen MR) is 117 cm³/mol. The Balaban J connectivity index is 1.30. The summed E-state index contributed by atoms with van der Waals surface area (Å²) >= 11 is 12.4. The first-order valence-electron chi connectivity index (χ1n) is 10.4. The van der Waals surface area contributed by atoms with E-state index in [4.69, 9.17) is 28.3 Å². The number of hydrogen-bond donors (Lipinski definition) is 1. The van der Waals surface area contributed by atoms with E-state index in [2.05, 4.69) is 39.4 Å². The molecular weight excluding hydrogens is 405 g/mol. The minimum Gasteiger partial charge on any atom is -0.358 e. The van der Waals surface area contributed by atoms with E-state index in [0.29, 0.717) is 12.0 Å². The van der Waals surface area contributed by atoms with Crippen molar-refractivity contribution in [2.75, 3.05) is 0 Å². The van der Waals surface area contributed by atoms with Crippen LogP contribution in [0.2, 0.25) is 5.02 Å². The number of halogens is 2. The van der Waals surface area contributed by atoms with Gasteiger partial charge in [0.2, 0.25) is 0 Å². The number of nitrogens with zero attached hydrogens (tertiary/aromatic N) is 4. The van der Waals surface area contributed by atoms with Crippen LogP contribution < -0.4 is 5.32 Å².